The Kier molecular flexibility index (Phi) is 2.53. The molecule has 0 aromatic rings. The van der Waals surface area contributed by atoms with E-state index in [1.165, 1.54) is 56.5 Å². The van der Waals surface area contributed by atoms with Crippen molar-refractivity contribution in [3.05, 3.63) is 0 Å². The molecule has 0 aromatic carbocycles. The van der Waals surface area contributed by atoms with Gasteiger partial charge in [0.2, 0.25) is 0 Å². The normalized spacial score (nSPS) is 36.4. The van der Waals surface area contributed by atoms with Gasteiger partial charge in [0.1, 0.15) is 0 Å². The van der Waals surface area contributed by atoms with Gasteiger partial charge in [-0.3, -0.25) is 0 Å². The van der Waals surface area contributed by atoms with Crippen molar-refractivity contribution in [3.8, 4) is 0 Å². The minimum absolute atomic E-state index is 0.796. The first-order valence-electron chi connectivity index (χ1n) is 6.23. The maximum atomic E-state index is 3.91. The van der Waals surface area contributed by atoms with Crippen LogP contribution < -0.4 is 5.32 Å². The molecule has 2 heteroatoms. The molecule has 14 heavy (non-hydrogen) atoms. The Balaban J connectivity index is 1.49. The number of hydrogen-bond donors (Lipinski definition) is 1. The fourth-order valence-corrected chi connectivity index (χ4v) is 4.47. The maximum Gasteiger partial charge on any atom is 0.0133 e. The molecule has 1 unspecified atom stereocenters. The lowest BCUT2D eigenvalue weighted by atomic mass is 10.0. The van der Waals surface area contributed by atoms with Gasteiger partial charge in [-0.2, -0.15) is 11.8 Å². The monoisotopic (exact) mass is 211 g/mol. The molecular weight excluding hydrogens is 190 g/mol. The number of rotatable bonds is 2. The molecule has 1 nitrogen and oxygen atoms in total. The molecule has 1 atom stereocenters. The highest BCUT2D eigenvalue weighted by molar-refractivity contribution is 7.99. The quantitative estimate of drug-likeness (QED) is 0.754. The average molecular weight is 211 g/mol. The van der Waals surface area contributed by atoms with Gasteiger partial charge in [-0.05, 0) is 49.0 Å². The first-order chi connectivity index (χ1) is 6.89. The van der Waals surface area contributed by atoms with Crippen molar-refractivity contribution < 1.29 is 0 Å². The van der Waals surface area contributed by atoms with E-state index in [0.29, 0.717) is 0 Å². The van der Waals surface area contributed by atoms with Crippen molar-refractivity contribution in [3.63, 3.8) is 0 Å². The Morgan fingerprint density at radius 3 is 2.50 bits per heavy atom. The molecule has 80 valence electrons. The topological polar surface area (TPSA) is 12.0 Å². The molecule has 1 spiro atoms. The summed E-state index contributed by atoms with van der Waals surface area (Å²) in [6, 6.07) is 1.78. The third-order valence-electron chi connectivity index (χ3n) is 4.45. The standard InChI is InChI=1S/C12H21NS/c1-2-6-12(5-1)9-11(12)13-10-3-7-14-8-4-10/h10-11,13H,1-9H2. The van der Waals surface area contributed by atoms with Gasteiger partial charge in [-0.1, -0.05) is 12.8 Å². The number of nitrogens with one attached hydrogen (secondary N) is 1. The van der Waals surface area contributed by atoms with E-state index in [4.69, 9.17) is 0 Å². The van der Waals surface area contributed by atoms with Crippen molar-refractivity contribution in [2.24, 2.45) is 5.41 Å². The highest BCUT2D eigenvalue weighted by Crippen LogP contribution is 2.58. The SMILES string of the molecule is C1CCC2(C1)CC2NC1CCSCC1. The van der Waals surface area contributed by atoms with Gasteiger partial charge in [0.15, 0.2) is 0 Å². The molecular formula is C12H21NS. The van der Waals surface area contributed by atoms with Crippen LogP contribution in [0.2, 0.25) is 0 Å². The molecule has 1 N–H and O–H groups in total. The summed E-state index contributed by atoms with van der Waals surface area (Å²) in [5, 5.41) is 3.91. The summed E-state index contributed by atoms with van der Waals surface area (Å²) in [6.45, 7) is 0. The van der Waals surface area contributed by atoms with Crippen LogP contribution in [0, 0.1) is 5.41 Å². The summed E-state index contributed by atoms with van der Waals surface area (Å²) in [6.07, 6.45) is 10.4. The summed E-state index contributed by atoms with van der Waals surface area (Å²) < 4.78 is 0. The highest BCUT2D eigenvalue weighted by Gasteiger charge is 2.55. The van der Waals surface area contributed by atoms with Crippen molar-refractivity contribution in [2.75, 3.05) is 11.5 Å². The Bertz CT molecular complexity index is 204. The average Bonchev–Trinajstić information content (AvgIpc) is 2.67. The van der Waals surface area contributed by atoms with Crippen molar-refractivity contribution in [2.45, 2.75) is 57.0 Å². The molecule has 3 rings (SSSR count). The Labute approximate surface area is 91.4 Å². The largest absolute Gasteiger partial charge is 0.311 e. The van der Waals surface area contributed by atoms with E-state index in [9.17, 15) is 0 Å². The molecule has 2 saturated carbocycles. The third-order valence-corrected chi connectivity index (χ3v) is 5.50. The van der Waals surface area contributed by atoms with Crippen LogP contribution in [0.5, 0.6) is 0 Å². The van der Waals surface area contributed by atoms with Gasteiger partial charge >= 0.3 is 0 Å². The molecule has 1 heterocycles. The molecule has 2 aliphatic carbocycles. The van der Waals surface area contributed by atoms with Gasteiger partial charge in [0.25, 0.3) is 0 Å². The van der Waals surface area contributed by atoms with Crippen molar-refractivity contribution in [1.29, 1.82) is 0 Å². The van der Waals surface area contributed by atoms with E-state index in [2.05, 4.69) is 17.1 Å². The van der Waals surface area contributed by atoms with Gasteiger partial charge in [-0.15, -0.1) is 0 Å². The van der Waals surface area contributed by atoms with E-state index in [0.717, 1.165) is 17.5 Å². The molecule has 3 aliphatic rings. The second kappa shape index (κ2) is 3.71. The van der Waals surface area contributed by atoms with Crippen LogP contribution in [0.3, 0.4) is 0 Å². The summed E-state index contributed by atoms with van der Waals surface area (Å²) in [5.41, 5.74) is 0.796. The van der Waals surface area contributed by atoms with Crippen LogP contribution >= 0.6 is 11.8 Å². The smallest absolute Gasteiger partial charge is 0.0133 e. The van der Waals surface area contributed by atoms with E-state index in [1.54, 1.807) is 0 Å². The van der Waals surface area contributed by atoms with Gasteiger partial charge in [0.05, 0.1) is 0 Å². The van der Waals surface area contributed by atoms with Crippen LogP contribution in [0.1, 0.15) is 44.9 Å². The van der Waals surface area contributed by atoms with Crippen LogP contribution in [0.4, 0.5) is 0 Å². The van der Waals surface area contributed by atoms with Crippen molar-refractivity contribution >= 4 is 11.8 Å². The lowest BCUT2D eigenvalue weighted by molar-refractivity contribution is 0.410. The highest BCUT2D eigenvalue weighted by atomic mass is 32.2. The van der Waals surface area contributed by atoms with E-state index in [1.807, 2.05) is 0 Å². The Hall–Kier alpha value is 0.310. The lowest BCUT2D eigenvalue weighted by Crippen LogP contribution is -2.36. The van der Waals surface area contributed by atoms with Gasteiger partial charge in [-0.25, -0.2) is 0 Å². The molecule has 0 aromatic heterocycles. The zero-order valence-electron chi connectivity index (χ0n) is 8.93. The van der Waals surface area contributed by atoms with E-state index < -0.39 is 0 Å². The Morgan fingerprint density at radius 1 is 1.07 bits per heavy atom. The predicted octanol–water partition coefficient (Wildman–Crippen LogP) is 2.80. The zero-order chi connectivity index (χ0) is 9.43. The fourth-order valence-electron chi connectivity index (χ4n) is 3.36. The lowest BCUT2D eigenvalue weighted by Gasteiger charge is -2.24. The van der Waals surface area contributed by atoms with Crippen LogP contribution in [0.15, 0.2) is 0 Å². The van der Waals surface area contributed by atoms with E-state index >= 15 is 0 Å². The molecule has 1 aliphatic heterocycles. The summed E-state index contributed by atoms with van der Waals surface area (Å²) in [5.74, 6) is 2.77. The maximum absolute atomic E-state index is 3.91. The third kappa shape index (κ3) is 1.71. The molecule has 3 fully saturated rings. The van der Waals surface area contributed by atoms with Crippen molar-refractivity contribution in [1.82, 2.24) is 5.32 Å². The molecule has 0 bridgehead atoms. The summed E-state index contributed by atoms with van der Waals surface area (Å²) in [4.78, 5) is 0. The summed E-state index contributed by atoms with van der Waals surface area (Å²) >= 11 is 2.13. The predicted molar refractivity (Wildman–Crippen MR) is 62.8 cm³/mol. The minimum atomic E-state index is 0.796. The van der Waals surface area contributed by atoms with E-state index in [-0.39, 0.29) is 0 Å². The zero-order valence-corrected chi connectivity index (χ0v) is 9.74. The minimum Gasteiger partial charge on any atom is -0.311 e. The summed E-state index contributed by atoms with van der Waals surface area (Å²) in [7, 11) is 0. The first kappa shape index (κ1) is 9.53. The van der Waals surface area contributed by atoms with Crippen LogP contribution in [-0.2, 0) is 0 Å². The number of hydrogen-bond acceptors (Lipinski definition) is 2. The second-order valence-electron chi connectivity index (χ2n) is 5.38. The fraction of sp³-hybridized carbons (Fsp3) is 1.00. The second-order valence-corrected chi connectivity index (χ2v) is 6.60. The van der Waals surface area contributed by atoms with Crippen LogP contribution in [0.25, 0.3) is 0 Å². The van der Waals surface area contributed by atoms with Gasteiger partial charge in [0, 0.05) is 12.1 Å². The first-order valence-corrected chi connectivity index (χ1v) is 7.38. The molecule has 1 saturated heterocycles. The molecule has 0 radical (unpaired) electrons. The number of thioether (sulfide) groups is 1. The Morgan fingerprint density at radius 2 is 1.79 bits per heavy atom. The molecule has 0 amide bonds. The van der Waals surface area contributed by atoms with Gasteiger partial charge < -0.3 is 5.32 Å². The van der Waals surface area contributed by atoms with Crippen LogP contribution in [-0.4, -0.2) is 23.6 Å².